The number of hydrogen-bond acceptors (Lipinski definition) is 3. The van der Waals surface area contributed by atoms with Crippen molar-refractivity contribution in [2.75, 3.05) is 0 Å². The Morgan fingerprint density at radius 1 is 1.44 bits per heavy atom. The van der Waals surface area contributed by atoms with Crippen LogP contribution < -0.4 is 5.32 Å². The number of rotatable bonds is 3. The maximum absolute atomic E-state index is 11.6. The van der Waals surface area contributed by atoms with Crippen LogP contribution in [-0.4, -0.2) is 23.0 Å². The summed E-state index contributed by atoms with van der Waals surface area (Å²) in [6.45, 7) is 0. The van der Waals surface area contributed by atoms with Crippen molar-refractivity contribution in [3.05, 3.63) is 24.2 Å². The molecule has 0 bridgehead atoms. The lowest BCUT2D eigenvalue weighted by molar-refractivity contribution is -0.141. The predicted molar refractivity (Wildman–Crippen MR) is 54.9 cm³/mol. The highest BCUT2D eigenvalue weighted by Gasteiger charge is 2.30. The number of carbonyl (C=O) groups excluding carboxylic acids is 1. The summed E-state index contributed by atoms with van der Waals surface area (Å²) >= 11 is 0. The zero-order valence-corrected chi connectivity index (χ0v) is 8.68. The first-order chi connectivity index (χ1) is 7.66. The van der Waals surface area contributed by atoms with E-state index in [1.165, 1.54) is 12.5 Å². The minimum absolute atomic E-state index is 0.0384. The molecule has 0 aliphatic heterocycles. The van der Waals surface area contributed by atoms with Gasteiger partial charge in [-0.2, -0.15) is 0 Å². The standard InChI is InChI=1S/C11H13NO4/c13-10(8-3-4-16-6-8)12-9-2-1-7(5-9)11(14)15/h3-4,6-7,9H,1-2,5H2,(H,12,13)(H,14,15)/t7-,9-/m0/s1. The van der Waals surface area contributed by atoms with Crippen LogP contribution in [0.1, 0.15) is 29.6 Å². The Hall–Kier alpha value is -1.78. The summed E-state index contributed by atoms with van der Waals surface area (Å²) in [5.41, 5.74) is 0.471. The fourth-order valence-electron chi connectivity index (χ4n) is 2.00. The van der Waals surface area contributed by atoms with Gasteiger partial charge in [-0.05, 0) is 25.3 Å². The predicted octanol–water partition coefficient (Wildman–Crippen LogP) is 1.26. The van der Waals surface area contributed by atoms with Gasteiger partial charge in [0.2, 0.25) is 0 Å². The van der Waals surface area contributed by atoms with E-state index in [0.29, 0.717) is 18.4 Å². The van der Waals surface area contributed by atoms with Gasteiger partial charge in [0.1, 0.15) is 6.26 Å². The molecule has 1 aromatic heterocycles. The molecule has 0 unspecified atom stereocenters. The van der Waals surface area contributed by atoms with Crippen LogP contribution in [0.5, 0.6) is 0 Å². The molecule has 2 N–H and O–H groups in total. The van der Waals surface area contributed by atoms with E-state index in [2.05, 4.69) is 5.32 Å². The molecule has 1 aromatic rings. The van der Waals surface area contributed by atoms with Gasteiger partial charge >= 0.3 is 5.97 Å². The van der Waals surface area contributed by atoms with Gasteiger partial charge in [0.25, 0.3) is 5.91 Å². The fraction of sp³-hybridized carbons (Fsp3) is 0.455. The van der Waals surface area contributed by atoms with Crippen LogP contribution in [0.2, 0.25) is 0 Å². The first kappa shape index (κ1) is 10.7. The van der Waals surface area contributed by atoms with Crippen molar-refractivity contribution in [1.82, 2.24) is 5.32 Å². The molecule has 0 radical (unpaired) electrons. The van der Waals surface area contributed by atoms with Gasteiger partial charge in [0.05, 0.1) is 17.7 Å². The summed E-state index contributed by atoms with van der Waals surface area (Å²) in [6.07, 6.45) is 4.67. The molecule has 1 aliphatic rings. The largest absolute Gasteiger partial charge is 0.481 e. The van der Waals surface area contributed by atoms with Crippen LogP contribution in [0.4, 0.5) is 0 Å². The van der Waals surface area contributed by atoms with E-state index in [4.69, 9.17) is 9.52 Å². The van der Waals surface area contributed by atoms with Gasteiger partial charge in [-0.25, -0.2) is 0 Å². The first-order valence-electron chi connectivity index (χ1n) is 5.22. The molecular formula is C11H13NO4. The molecule has 1 fully saturated rings. The summed E-state index contributed by atoms with van der Waals surface area (Å²) in [4.78, 5) is 22.4. The van der Waals surface area contributed by atoms with Crippen LogP contribution in [0.15, 0.2) is 23.0 Å². The minimum Gasteiger partial charge on any atom is -0.481 e. The second-order valence-electron chi connectivity index (χ2n) is 4.03. The maximum Gasteiger partial charge on any atom is 0.306 e. The van der Waals surface area contributed by atoms with Crippen LogP contribution in [0.25, 0.3) is 0 Å². The molecule has 5 nitrogen and oxygen atoms in total. The molecule has 0 saturated heterocycles. The zero-order valence-electron chi connectivity index (χ0n) is 8.68. The van der Waals surface area contributed by atoms with Crippen LogP contribution >= 0.6 is 0 Å². The second-order valence-corrected chi connectivity index (χ2v) is 4.03. The van der Waals surface area contributed by atoms with Crippen molar-refractivity contribution in [3.8, 4) is 0 Å². The molecule has 86 valence electrons. The molecule has 1 aliphatic carbocycles. The van der Waals surface area contributed by atoms with Gasteiger partial charge < -0.3 is 14.8 Å². The number of carboxylic acid groups (broad SMARTS) is 1. The Labute approximate surface area is 92.4 Å². The molecule has 0 spiro atoms. The van der Waals surface area contributed by atoms with E-state index >= 15 is 0 Å². The van der Waals surface area contributed by atoms with Crippen molar-refractivity contribution >= 4 is 11.9 Å². The van der Waals surface area contributed by atoms with E-state index in [1.54, 1.807) is 6.07 Å². The summed E-state index contributed by atoms with van der Waals surface area (Å²) in [5, 5.41) is 11.6. The molecule has 16 heavy (non-hydrogen) atoms. The molecule has 1 saturated carbocycles. The fourth-order valence-corrected chi connectivity index (χ4v) is 2.00. The highest BCUT2D eigenvalue weighted by molar-refractivity contribution is 5.94. The average molecular weight is 223 g/mol. The first-order valence-corrected chi connectivity index (χ1v) is 5.22. The Morgan fingerprint density at radius 3 is 2.81 bits per heavy atom. The molecule has 5 heteroatoms. The van der Waals surface area contributed by atoms with Gasteiger partial charge in [0.15, 0.2) is 0 Å². The number of furan rings is 1. The topological polar surface area (TPSA) is 79.5 Å². The SMILES string of the molecule is O=C(N[C@H]1CC[C@H](C(=O)O)C1)c1ccoc1. The van der Waals surface area contributed by atoms with E-state index in [1.807, 2.05) is 0 Å². The quantitative estimate of drug-likeness (QED) is 0.808. The Balaban J connectivity index is 1.88. The smallest absolute Gasteiger partial charge is 0.306 e. The van der Waals surface area contributed by atoms with Gasteiger partial charge in [-0.3, -0.25) is 9.59 Å². The van der Waals surface area contributed by atoms with Crippen molar-refractivity contribution in [2.45, 2.75) is 25.3 Å². The number of carbonyl (C=O) groups is 2. The molecule has 2 atom stereocenters. The van der Waals surface area contributed by atoms with E-state index < -0.39 is 5.97 Å². The molecule has 1 heterocycles. The van der Waals surface area contributed by atoms with E-state index in [-0.39, 0.29) is 17.9 Å². The molecular weight excluding hydrogens is 210 g/mol. The second kappa shape index (κ2) is 4.38. The highest BCUT2D eigenvalue weighted by atomic mass is 16.4. The summed E-state index contributed by atoms with van der Waals surface area (Å²) in [7, 11) is 0. The third-order valence-electron chi connectivity index (χ3n) is 2.90. The summed E-state index contributed by atoms with van der Waals surface area (Å²) in [6, 6.07) is 1.54. The summed E-state index contributed by atoms with van der Waals surface area (Å²) < 4.78 is 4.80. The summed E-state index contributed by atoms with van der Waals surface area (Å²) in [5.74, 6) is -1.31. The molecule has 1 amide bonds. The van der Waals surface area contributed by atoms with E-state index in [9.17, 15) is 9.59 Å². The Bertz CT molecular complexity index is 385. The number of hydrogen-bond donors (Lipinski definition) is 2. The Morgan fingerprint density at radius 2 is 2.25 bits per heavy atom. The lowest BCUT2D eigenvalue weighted by Gasteiger charge is -2.11. The minimum atomic E-state index is -0.778. The van der Waals surface area contributed by atoms with Crippen molar-refractivity contribution in [2.24, 2.45) is 5.92 Å². The lowest BCUT2D eigenvalue weighted by atomic mass is 10.1. The third kappa shape index (κ3) is 2.24. The lowest BCUT2D eigenvalue weighted by Crippen LogP contribution is -2.33. The Kier molecular flexibility index (Phi) is 2.94. The van der Waals surface area contributed by atoms with Gasteiger partial charge in [-0.1, -0.05) is 0 Å². The van der Waals surface area contributed by atoms with Crippen LogP contribution in [-0.2, 0) is 4.79 Å². The number of amides is 1. The van der Waals surface area contributed by atoms with Crippen molar-refractivity contribution < 1.29 is 19.1 Å². The maximum atomic E-state index is 11.6. The third-order valence-corrected chi connectivity index (χ3v) is 2.90. The van der Waals surface area contributed by atoms with Crippen LogP contribution in [0.3, 0.4) is 0 Å². The average Bonchev–Trinajstić information content (AvgIpc) is 2.87. The monoisotopic (exact) mass is 223 g/mol. The number of carboxylic acids is 1. The molecule has 2 rings (SSSR count). The number of nitrogens with one attached hydrogen (secondary N) is 1. The van der Waals surface area contributed by atoms with Gasteiger partial charge in [0, 0.05) is 6.04 Å². The van der Waals surface area contributed by atoms with Gasteiger partial charge in [-0.15, -0.1) is 0 Å². The highest BCUT2D eigenvalue weighted by Crippen LogP contribution is 2.25. The number of aliphatic carboxylic acids is 1. The van der Waals surface area contributed by atoms with Crippen molar-refractivity contribution in [1.29, 1.82) is 0 Å². The van der Waals surface area contributed by atoms with E-state index in [0.717, 1.165) is 6.42 Å². The zero-order chi connectivity index (χ0) is 11.5. The van der Waals surface area contributed by atoms with Crippen LogP contribution in [0, 0.1) is 5.92 Å². The van der Waals surface area contributed by atoms with Crippen molar-refractivity contribution in [3.63, 3.8) is 0 Å². The normalized spacial score (nSPS) is 24.2. The molecule has 0 aromatic carbocycles.